The van der Waals surface area contributed by atoms with Crippen LogP contribution < -0.4 is 5.32 Å². The number of aliphatic hydroxyl groups excluding tert-OH is 1. The number of nitrogens with one attached hydrogen (secondary N) is 1. The molecule has 6 nitrogen and oxygen atoms in total. The summed E-state index contributed by atoms with van der Waals surface area (Å²) in [5.74, 6) is -1.34. The maximum Gasteiger partial charge on any atom is 0.406 e. The molecular weight excluding hydrogens is 377 g/mol. The molecule has 0 spiro atoms. The number of halogens is 3. The number of para-hydroxylation sites is 1. The number of carbonyl (C=O) groups excluding carboxylic acids is 2. The summed E-state index contributed by atoms with van der Waals surface area (Å²) in [6.07, 6.45) is -4.41. The maximum absolute atomic E-state index is 12.7. The SMILES string of the molecule is Cc1cc(C(=O)COC(=O)c2ccccc2NCCO)c(C)n1CC(F)(F)F. The Hall–Kier alpha value is -2.81. The Morgan fingerprint density at radius 1 is 1.18 bits per heavy atom. The normalized spacial score (nSPS) is 11.4. The number of carbonyl (C=O) groups is 2. The third-order valence-corrected chi connectivity index (χ3v) is 4.12. The molecule has 0 unspecified atom stereocenters. The molecule has 2 rings (SSSR count). The van der Waals surface area contributed by atoms with Gasteiger partial charge in [0.1, 0.15) is 6.54 Å². The van der Waals surface area contributed by atoms with Crippen molar-refractivity contribution < 1.29 is 32.6 Å². The first-order chi connectivity index (χ1) is 13.1. The van der Waals surface area contributed by atoms with Crippen LogP contribution in [0.4, 0.5) is 18.9 Å². The zero-order valence-electron chi connectivity index (χ0n) is 15.5. The minimum atomic E-state index is -4.41. The number of alkyl halides is 3. The van der Waals surface area contributed by atoms with Crippen LogP contribution in [0.25, 0.3) is 0 Å². The molecule has 1 aromatic carbocycles. The Morgan fingerprint density at radius 3 is 2.50 bits per heavy atom. The van der Waals surface area contributed by atoms with Gasteiger partial charge in [-0.2, -0.15) is 13.2 Å². The van der Waals surface area contributed by atoms with Gasteiger partial charge in [-0.3, -0.25) is 4.79 Å². The predicted octanol–water partition coefficient (Wildman–Crippen LogP) is 3.11. The highest BCUT2D eigenvalue weighted by Gasteiger charge is 2.30. The third kappa shape index (κ3) is 5.35. The predicted molar refractivity (Wildman–Crippen MR) is 96.6 cm³/mol. The molecule has 1 aromatic heterocycles. The molecule has 2 aromatic rings. The summed E-state index contributed by atoms with van der Waals surface area (Å²) in [6, 6.07) is 7.79. The van der Waals surface area contributed by atoms with E-state index in [9.17, 15) is 22.8 Å². The van der Waals surface area contributed by atoms with Gasteiger partial charge in [-0.15, -0.1) is 0 Å². The monoisotopic (exact) mass is 398 g/mol. The third-order valence-electron chi connectivity index (χ3n) is 4.12. The summed E-state index contributed by atoms with van der Waals surface area (Å²) in [4.78, 5) is 24.6. The van der Waals surface area contributed by atoms with Gasteiger partial charge in [0.05, 0.1) is 12.2 Å². The minimum absolute atomic E-state index is 0.0845. The summed E-state index contributed by atoms with van der Waals surface area (Å²) in [5, 5.41) is 11.7. The molecule has 0 aliphatic rings. The number of benzene rings is 1. The summed E-state index contributed by atoms with van der Waals surface area (Å²) in [6.45, 7) is 1.21. The first kappa shape index (κ1) is 21.5. The lowest BCUT2D eigenvalue weighted by atomic mass is 10.1. The first-order valence-electron chi connectivity index (χ1n) is 8.51. The highest BCUT2D eigenvalue weighted by molar-refractivity contribution is 6.01. The fourth-order valence-corrected chi connectivity index (χ4v) is 2.80. The van der Waals surface area contributed by atoms with E-state index in [0.29, 0.717) is 11.4 Å². The molecule has 0 fully saturated rings. The quantitative estimate of drug-likeness (QED) is 0.528. The molecule has 0 atom stereocenters. The van der Waals surface area contributed by atoms with E-state index in [2.05, 4.69) is 5.32 Å². The molecule has 0 amide bonds. The molecular formula is C19H21F3N2O4. The number of aliphatic hydroxyl groups is 1. The molecule has 0 bridgehead atoms. The summed E-state index contributed by atoms with van der Waals surface area (Å²) in [5.41, 5.74) is 1.17. The van der Waals surface area contributed by atoms with Crippen molar-refractivity contribution in [2.45, 2.75) is 26.6 Å². The fraction of sp³-hybridized carbons (Fsp3) is 0.368. The Kier molecular flexibility index (Phi) is 6.85. The highest BCUT2D eigenvalue weighted by Crippen LogP contribution is 2.23. The number of aryl methyl sites for hydroxylation is 1. The summed E-state index contributed by atoms with van der Waals surface area (Å²) in [7, 11) is 0. The van der Waals surface area contributed by atoms with Crippen LogP contribution in [0.3, 0.4) is 0 Å². The molecule has 0 aliphatic carbocycles. The van der Waals surface area contributed by atoms with Gasteiger partial charge >= 0.3 is 12.1 Å². The lowest BCUT2D eigenvalue weighted by Crippen LogP contribution is -2.20. The number of nitrogens with zero attached hydrogens (tertiary/aromatic N) is 1. The van der Waals surface area contributed by atoms with Crippen LogP contribution in [0.15, 0.2) is 30.3 Å². The van der Waals surface area contributed by atoms with Crippen molar-refractivity contribution in [3.63, 3.8) is 0 Å². The molecule has 2 N–H and O–H groups in total. The Balaban J connectivity index is 2.09. The van der Waals surface area contributed by atoms with Crippen molar-refractivity contribution >= 4 is 17.4 Å². The average Bonchev–Trinajstić information content (AvgIpc) is 2.91. The van der Waals surface area contributed by atoms with Gasteiger partial charge in [-0.05, 0) is 32.0 Å². The van der Waals surface area contributed by atoms with Gasteiger partial charge in [0.2, 0.25) is 5.78 Å². The average molecular weight is 398 g/mol. The molecule has 0 saturated heterocycles. The molecule has 0 saturated carbocycles. The molecule has 0 radical (unpaired) electrons. The number of ketones is 1. The zero-order valence-corrected chi connectivity index (χ0v) is 15.5. The van der Waals surface area contributed by atoms with Gasteiger partial charge in [0.25, 0.3) is 0 Å². The minimum Gasteiger partial charge on any atom is -0.454 e. The van der Waals surface area contributed by atoms with Crippen molar-refractivity contribution in [1.82, 2.24) is 4.57 Å². The van der Waals surface area contributed by atoms with Gasteiger partial charge in [0, 0.05) is 29.2 Å². The van der Waals surface area contributed by atoms with Crippen molar-refractivity contribution in [3.8, 4) is 0 Å². The standard InChI is InChI=1S/C19H21F3N2O4/c1-12-9-15(13(2)24(12)11-19(20,21)22)17(26)10-28-18(27)14-5-3-4-6-16(14)23-7-8-25/h3-6,9,23,25H,7-8,10-11H2,1-2H3. The fourth-order valence-electron chi connectivity index (χ4n) is 2.80. The summed E-state index contributed by atoms with van der Waals surface area (Å²) < 4.78 is 44.1. The second-order valence-corrected chi connectivity index (χ2v) is 6.18. The van der Waals surface area contributed by atoms with Gasteiger partial charge < -0.3 is 19.7 Å². The van der Waals surface area contributed by atoms with Crippen molar-refractivity contribution in [2.75, 3.05) is 25.1 Å². The van der Waals surface area contributed by atoms with E-state index in [-0.39, 0.29) is 30.0 Å². The van der Waals surface area contributed by atoms with E-state index < -0.39 is 31.1 Å². The molecule has 152 valence electrons. The Labute approximate surface area is 159 Å². The molecule has 1 heterocycles. The number of anilines is 1. The van der Waals surface area contributed by atoms with E-state index in [0.717, 1.165) is 4.57 Å². The van der Waals surface area contributed by atoms with Crippen LogP contribution in [0.5, 0.6) is 0 Å². The smallest absolute Gasteiger partial charge is 0.406 e. The molecule has 9 heteroatoms. The van der Waals surface area contributed by atoms with E-state index in [1.54, 1.807) is 18.2 Å². The van der Waals surface area contributed by atoms with E-state index >= 15 is 0 Å². The number of hydrogen-bond acceptors (Lipinski definition) is 5. The lowest BCUT2D eigenvalue weighted by molar-refractivity contribution is -0.141. The van der Waals surface area contributed by atoms with E-state index in [4.69, 9.17) is 9.84 Å². The number of aromatic nitrogens is 1. The number of ether oxygens (including phenoxy) is 1. The van der Waals surface area contributed by atoms with E-state index in [1.165, 1.54) is 26.0 Å². The zero-order chi connectivity index (χ0) is 20.9. The number of Topliss-reactive ketones (excluding diaryl/α,β-unsaturated/α-hetero) is 1. The van der Waals surface area contributed by atoms with Crippen LogP contribution in [-0.2, 0) is 11.3 Å². The van der Waals surface area contributed by atoms with Crippen molar-refractivity contribution in [3.05, 3.63) is 52.8 Å². The lowest BCUT2D eigenvalue weighted by Gasteiger charge is -2.12. The van der Waals surface area contributed by atoms with Crippen molar-refractivity contribution in [2.24, 2.45) is 0 Å². The Morgan fingerprint density at radius 2 is 1.86 bits per heavy atom. The van der Waals surface area contributed by atoms with E-state index in [1.807, 2.05) is 0 Å². The molecule has 0 aliphatic heterocycles. The van der Waals surface area contributed by atoms with Gasteiger partial charge in [-0.25, -0.2) is 4.79 Å². The topological polar surface area (TPSA) is 80.6 Å². The van der Waals surface area contributed by atoms with Gasteiger partial charge in [-0.1, -0.05) is 12.1 Å². The van der Waals surface area contributed by atoms with Crippen LogP contribution in [0.2, 0.25) is 0 Å². The van der Waals surface area contributed by atoms with Crippen LogP contribution in [-0.4, -0.2) is 47.4 Å². The largest absolute Gasteiger partial charge is 0.454 e. The summed E-state index contributed by atoms with van der Waals surface area (Å²) >= 11 is 0. The number of hydrogen-bond donors (Lipinski definition) is 2. The van der Waals surface area contributed by atoms with Gasteiger partial charge in [0.15, 0.2) is 6.61 Å². The van der Waals surface area contributed by atoms with Crippen molar-refractivity contribution in [1.29, 1.82) is 0 Å². The second-order valence-electron chi connectivity index (χ2n) is 6.18. The first-order valence-corrected chi connectivity index (χ1v) is 8.51. The number of esters is 1. The Bertz CT molecular complexity index is 859. The van der Waals surface area contributed by atoms with Crippen LogP contribution >= 0.6 is 0 Å². The highest BCUT2D eigenvalue weighted by atomic mass is 19.4. The molecule has 28 heavy (non-hydrogen) atoms. The maximum atomic E-state index is 12.7. The van der Waals surface area contributed by atoms with Crippen LogP contribution in [0.1, 0.15) is 32.1 Å². The number of rotatable bonds is 8. The second kappa shape index (κ2) is 8.92. The van der Waals surface area contributed by atoms with Crippen LogP contribution in [0, 0.1) is 13.8 Å².